The molecule has 2 aromatic rings. The summed E-state index contributed by atoms with van der Waals surface area (Å²) in [6.07, 6.45) is -0.869. The Kier molecular flexibility index (Phi) is 3.13. The molecule has 0 spiro atoms. The quantitative estimate of drug-likeness (QED) is 0.764. The molecule has 0 saturated carbocycles. The second kappa shape index (κ2) is 4.70. The zero-order valence-corrected chi connectivity index (χ0v) is 11.9. The van der Waals surface area contributed by atoms with Crippen LogP contribution in [-0.2, 0) is 6.54 Å². The molecule has 104 valence electrons. The lowest BCUT2D eigenvalue weighted by Gasteiger charge is -2.31. The molecule has 1 aromatic carbocycles. The van der Waals surface area contributed by atoms with Crippen LogP contribution in [0.3, 0.4) is 0 Å². The molecule has 0 saturated heterocycles. The molecule has 1 aliphatic heterocycles. The van der Waals surface area contributed by atoms with Crippen LogP contribution in [0.5, 0.6) is 0 Å². The lowest BCUT2D eigenvalue weighted by Crippen LogP contribution is -2.23. The predicted molar refractivity (Wildman–Crippen MR) is 76.5 cm³/mol. The van der Waals surface area contributed by atoms with Crippen LogP contribution in [0.1, 0.15) is 23.2 Å². The Morgan fingerprint density at radius 2 is 2.05 bits per heavy atom. The minimum atomic E-state index is -2.58. The van der Waals surface area contributed by atoms with Crippen LogP contribution < -0.4 is 4.90 Å². The van der Waals surface area contributed by atoms with Gasteiger partial charge in [-0.25, -0.2) is 8.78 Å². The Morgan fingerprint density at radius 3 is 2.75 bits per heavy atom. The van der Waals surface area contributed by atoms with E-state index in [4.69, 9.17) is 11.6 Å². The minimum Gasteiger partial charge on any atom is -0.370 e. The van der Waals surface area contributed by atoms with Gasteiger partial charge in [0.2, 0.25) is 0 Å². The molecule has 0 bridgehead atoms. The highest BCUT2D eigenvalue weighted by atomic mass is 35.5. The van der Waals surface area contributed by atoms with Gasteiger partial charge in [0.1, 0.15) is 0 Å². The van der Waals surface area contributed by atoms with Gasteiger partial charge in [0.25, 0.3) is 6.43 Å². The van der Waals surface area contributed by atoms with Crippen LogP contribution in [-0.4, -0.2) is 12.0 Å². The van der Waals surface area contributed by atoms with Gasteiger partial charge in [-0.3, -0.25) is 4.98 Å². The number of fused-ring (bicyclic) bond motifs is 3. The fraction of sp³-hybridized carbons (Fsp3) is 0.267. The second-order valence-electron chi connectivity index (χ2n) is 4.97. The van der Waals surface area contributed by atoms with Crippen molar-refractivity contribution in [3.05, 3.63) is 46.2 Å². The third kappa shape index (κ3) is 1.95. The third-order valence-corrected chi connectivity index (χ3v) is 4.05. The number of anilines is 1. The molecule has 3 rings (SSSR count). The molecule has 0 unspecified atom stereocenters. The first-order valence-corrected chi connectivity index (χ1v) is 6.64. The number of hydrogen-bond acceptors (Lipinski definition) is 2. The average molecular weight is 295 g/mol. The van der Waals surface area contributed by atoms with E-state index in [-0.39, 0.29) is 10.6 Å². The summed E-state index contributed by atoms with van der Waals surface area (Å²) >= 11 is 5.96. The van der Waals surface area contributed by atoms with Crippen molar-refractivity contribution in [3.8, 4) is 11.1 Å². The van der Waals surface area contributed by atoms with Crippen LogP contribution in [0, 0.1) is 6.92 Å². The van der Waals surface area contributed by atoms with Gasteiger partial charge in [-0.1, -0.05) is 11.6 Å². The first-order valence-electron chi connectivity index (χ1n) is 6.26. The van der Waals surface area contributed by atoms with E-state index < -0.39 is 6.43 Å². The fourth-order valence-corrected chi connectivity index (χ4v) is 2.89. The van der Waals surface area contributed by atoms with E-state index in [2.05, 4.69) is 4.98 Å². The standard InChI is InChI=1S/C15H13ClF2N2/c1-8-12-7-20(2)14-6-13(16)11(15(17)18)5-10(14)9(12)3-4-19-8/h3-6,15H,7H2,1-2H3. The van der Waals surface area contributed by atoms with Crippen LogP contribution in [0.25, 0.3) is 11.1 Å². The summed E-state index contributed by atoms with van der Waals surface area (Å²) in [4.78, 5) is 6.28. The van der Waals surface area contributed by atoms with Crippen LogP contribution >= 0.6 is 11.6 Å². The molecule has 1 aliphatic rings. The summed E-state index contributed by atoms with van der Waals surface area (Å²) in [5.41, 5.74) is 4.50. The van der Waals surface area contributed by atoms with Crippen molar-refractivity contribution in [2.45, 2.75) is 19.9 Å². The van der Waals surface area contributed by atoms with Crippen molar-refractivity contribution in [1.82, 2.24) is 4.98 Å². The predicted octanol–water partition coefficient (Wildman–Crippen LogP) is 4.60. The van der Waals surface area contributed by atoms with Crippen molar-refractivity contribution in [3.63, 3.8) is 0 Å². The van der Waals surface area contributed by atoms with Crippen molar-refractivity contribution in [2.75, 3.05) is 11.9 Å². The normalized spacial score (nSPS) is 13.4. The molecule has 20 heavy (non-hydrogen) atoms. The molecule has 0 aliphatic carbocycles. The third-order valence-electron chi connectivity index (χ3n) is 3.72. The Morgan fingerprint density at radius 1 is 1.30 bits per heavy atom. The van der Waals surface area contributed by atoms with E-state index in [1.165, 1.54) is 6.07 Å². The molecule has 2 nitrogen and oxygen atoms in total. The second-order valence-corrected chi connectivity index (χ2v) is 5.38. The summed E-state index contributed by atoms with van der Waals surface area (Å²) < 4.78 is 26.1. The number of rotatable bonds is 1. The number of pyridine rings is 1. The zero-order valence-electron chi connectivity index (χ0n) is 11.1. The van der Waals surface area contributed by atoms with Crippen molar-refractivity contribution < 1.29 is 8.78 Å². The largest absolute Gasteiger partial charge is 0.370 e. The summed E-state index contributed by atoms with van der Waals surface area (Å²) in [6.45, 7) is 2.63. The molecule has 1 aromatic heterocycles. The van der Waals surface area contributed by atoms with E-state index in [0.717, 1.165) is 28.1 Å². The average Bonchev–Trinajstić information content (AvgIpc) is 2.40. The maximum Gasteiger partial charge on any atom is 0.265 e. The molecular formula is C15H13ClF2N2. The summed E-state index contributed by atoms with van der Waals surface area (Å²) in [7, 11) is 1.92. The van der Waals surface area contributed by atoms with Gasteiger partial charge in [-0.2, -0.15) is 0 Å². The number of halogens is 3. The van der Waals surface area contributed by atoms with Crippen molar-refractivity contribution in [1.29, 1.82) is 0 Å². The topological polar surface area (TPSA) is 16.1 Å². The fourth-order valence-electron chi connectivity index (χ4n) is 2.65. The number of benzene rings is 1. The highest BCUT2D eigenvalue weighted by Gasteiger charge is 2.24. The summed E-state index contributed by atoms with van der Waals surface area (Å²) in [5.74, 6) is 0. The van der Waals surface area contributed by atoms with Gasteiger partial charge >= 0.3 is 0 Å². The SMILES string of the molecule is Cc1nccc2c1CN(C)c1cc(Cl)c(C(F)F)cc1-2. The van der Waals surface area contributed by atoms with Crippen molar-refractivity contribution in [2.24, 2.45) is 0 Å². The molecule has 5 heteroatoms. The van der Waals surface area contributed by atoms with Gasteiger partial charge in [0, 0.05) is 47.9 Å². The number of aromatic nitrogens is 1. The highest BCUT2D eigenvalue weighted by Crippen LogP contribution is 2.43. The van der Waals surface area contributed by atoms with E-state index in [0.29, 0.717) is 6.54 Å². The maximum atomic E-state index is 13.0. The molecule has 2 heterocycles. The van der Waals surface area contributed by atoms with Gasteiger partial charge in [0.05, 0.1) is 5.02 Å². The molecule has 0 atom stereocenters. The molecule has 0 radical (unpaired) electrons. The number of hydrogen-bond donors (Lipinski definition) is 0. The summed E-state index contributed by atoms with van der Waals surface area (Å²) in [6, 6.07) is 4.99. The van der Waals surface area contributed by atoms with E-state index in [1.807, 2.05) is 24.9 Å². The van der Waals surface area contributed by atoms with Crippen LogP contribution in [0.2, 0.25) is 5.02 Å². The highest BCUT2D eigenvalue weighted by molar-refractivity contribution is 6.32. The van der Waals surface area contributed by atoms with Gasteiger partial charge in [0.15, 0.2) is 0 Å². The first-order chi connectivity index (χ1) is 9.49. The molecule has 0 fully saturated rings. The lowest BCUT2D eigenvalue weighted by molar-refractivity contribution is 0.151. The molecule has 0 amide bonds. The summed E-state index contributed by atoms with van der Waals surface area (Å²) in [5, 5.41) is 0.111. The monoisotopic (exact) mass is 294 g/mol. The zero-order chi connectivity index (χ0) is 14.4. The lowest BCUT2D eigenvalue weighted by atomic mass is 9.92. The molecular weight excluding hydrogens is 282 g/mol. The van der Waals surface area contributed by atoms with E-state index in [9.17, 15) is 8.78 Å². The van der Waals surface area contributed by atoms with E-state index >= 15 is 0 Å². The van der Waals surface area contributed by atoms with E-state index in [1.54, 1.807) is 12.3 Å². The Hall–Kier alpha value is -1.68. The Balaban J connectivity index is 2.30. The van der Waals surface area contributed by atoms with Gasteiger partial charge in [-0.15, -0.1) is 0 Å². The number of nitrogens with zero attached hydrogens (tertiary/aromatic N) is 2. The number of aryl methyl sites for hydroxylation is 1. The minimum absolute atomic E-state index is 0.111. The Bertz CT molecular complexity index is 686. The van der Waals surface area contributed by atoms with Gasteiger partial charge in [-0.05, 0) is 30.7 Å². The Labute approximate surface area is 121 Å². The van der Waals surface area contributed by atoms with Crippen LogP contribution in [0.15, 0.2) is 24.4 Å². The number of alkyl halides is 2. The van der Waals surface area contributed by atoms with Gasteiger partial charge < -0.3 is 4.90 Å². The van der Waals surface area contributed by atoms with Crippen molar-refractivity contribution >= 4 is 17.3 Å². The first kappa shape index (κ1) is 13.3. The maximum absolute atomic E-state index is 13.0. The smallest absolute Gasteiger partial charge is 0.265 e. The molecule has 0 N–H and O–H groups in total. The van der Waals surface area contributed by atoms with Crippen LogP contribution in [0.4, 0.5) is 14.5 Å².